The summed E-state index contributed by atoms with van der Waals surface area (Å²) in [7, 11) is 0. The molecule has 1 saturated heterocycles. The summed E-state index contributed by atoms with van der Waals surface area (Å²) in [5.41, 5.74) is 7.59. The molecule has 0 bridgehead atoms. The van der Waals surface area contributed by atoms with Crippen LogP contribution in [0.15, 0.2) is 23.2 Å². The minimum atomic E-state index is -0.524. The molecule has 2 heterocycles. The van der Waals surface area contributed by atoms with Crippen LogP contribution in [0, 0.1) is 0 Å². The number of amides is 3. The molecule has 9 nitrogen and oxygen atoms in total. The van der Waals surface area contributed by atoms with Crippen LogP contribution in [0.4, 0.5) is 5.69 Å². The van der Waals surface area contributed by atoms with E-state index in [0.717, 1.165) is 55.5 Å². The normalized spacial score (nSPS) is 18.3. The molecule has 190 valence electrons. The van der Waals surface area contributed by atoms with Crippen molar-refractivity contribution < 1.29 is 19.1 Å². The molecule has 1 aliphatic carbocycles. The fourth-order valence-electron chi connectivity index (χ4n) is 5.28. The van der Waals surface area contributed by atoms with Gasteiger partial charge in [0.2, 0.25) is 23.7 Å². The second-order valence-corrected chi connectivity index (χ2v) is 9.74. The van der Waals surface area contributed by atoms with Gasteiger partial charge in [-0.3, -0.25) is 19.7 Å². The molecule has 1 aromatic rings. The van der Waals surface area contributed by atoms with Crippen LogP contribution in [0.25, 0.3) is 0 Å². The second kappa shape index (κ2) is 11.6. The van der Waals surface area contributed by atoms with Crippen LogP contribution < -0.4 is 15.8 Å². The molecule has 3 amide bonds. The van der Waals surface area contributed by atoms with E-state index in [1.165, 1.54) is 6.42 Å². The average Bonchev–Trinajstić information content (AvgIpc) is 3.21. The Kier molecular flexibility index (Phi) is 8.25. The van der Waals surface area contributed by atoms with Gasteiger partial charge in [0.05, 0.1) is 12.3 Å². The van der Waals surface area contributed by atoms with Crippen LogP contribution in [0.5, 0.6) is 5.75 Å². The number of benzene rings is 1. The number of hydrogen-bond acceptors (Lipinski definition) is 6. The number of carbonyl (C=O) groups is 3. The van der Waals surface area contributed by atoms with Gasteiger partial charge in [-0.05, 0) is 43.9 Å². The predicted octanol–water partition coefficient (Wildman–Crippen LogP) is 2.98. The molecular formula is C26H37N5O4. The highest BCUT2D eigenvalue weighted by Crippen LogP contribution is 2.31. The van der Waals surface area contributed by atoms with Gasteiger partial charge in [-0.25, -0.2) is 4.99 Å². The van der Waals surface area contributed by atoms with E-state index in [1.54, 1.807) is 0 Å². The van der Waals surface area contributed by atoms with Crippen molar-refractivity contribution >= 4 is 29.4 Å². The summed E-state index contributed by atoms with van der Waals surface area (Å²) < 4.78 is 5.94. The number of unbranched alkanes of at least 4 members (excludes halogenated alkanes) is 1. The van der Waals surface area contributed by atoms with E-state index in [1.807, 2.05) is 28.0 Å². The van der Waals surface area contributed by atoms with Crippen LogP contribution in [-0.2, 0) is 20.9 Å². The van der Waals surface area contributed by atoms with Gasteiger partial charge in [0.1, 0.15) is 18.3 Å². The molecule has 1 aromatic carbocycles. The SMILES string of the molecule is CCCCC(C(N)=O)N(C(=O)CCCOc1ccc2c(c1)CN1CC(=O)NC1=N2)C1CCCCC1. The first-order valence-electron chi connectivity index (χ1n) is 13.0. The lowest BCUT2D eigenvalue weighted by Gasteiger charge is -2.39. The zero-order valence-electron chi connectivity index (χ0n) is 20.6. The Morgan fingerprint density at radius 2 is 2.03 bits per heavy atom. The second-order valence-electron chi connectivity index (χ2n) is 9.74. The number of nitrogens with one attached hydrogen (secondary N) is 1. The number of ether oxygens (including phenoxy) is 1. The number of fused-ring (bicyclic) bond motifs is 2. The number of nitrogens with two attached hydrogens (primary N) is 1. The van der Waals surface area contributed by atoms with Crippen molar-refractivity contribution in [3.8, 4) is 5.75 Å². The number of hydrogen-bond donors (Lipinski definition) is 2. The minimum absolute atomic E-state index is 0.00101. The third kappa shape index (κ3) is 6.13. The Bertz CT molecular complexity index is 972. The van der Waals surface area contributed by atoms with E-state index in [4.69, 9.17) is 10.5 Å². The van der Waals surface area contributed by atoms with E-state index in [2.05, 4.69) is 17.2 Å². The van der Waals surface area contributed by atoms with E-state index in [9.17, 15) is 14.4 Å². The molecule has 3 N–H and O–H groups in total. The Hall–Kier alpha value is -3.10. The summed E-state index contributed by atoms with van der Waals surface area (Å²) in [5.74, 6) is 0.872. The third-order valence-corrected chi connectivity index (χ3v) is 7.08. The molecule has 0 radical (unpaired) electrons. The monoisotopic (exact) mass is 483 g/mol. The lowest BCUT2D eigenvalue weighted by Crippen LogP contribution is -2.53. The standard InChI is InChI=1S/C26H37N5O4/c1-2-3-10-22(25(27)34)31(19-8-5-4-6-9-19)24(33)11-7-14-35-20-12-13-21-18(15-20)16-30-17-23(32)29-26(30)28-21/h12-13,15,19,22H,2-11,14,16-17H2,1H3,(H2,27,34)(H,28,29,32). The Morgan fingerprint density at radius 1 is 1.23 bits per heavy atom. The average molecular weight is 484 g/mol. The molecule has 2 fully saturated rings. The van der Waals surface area contributed by atoms with E-state index < -0.39 is 11.9 Å². The topological polar surface area (TPSA) is 117 Å². The van der Waals surface area contributed by atoms with Crippen LogP contribution in [0.2, 0.25) is 0 Å². The maximum atomic E-state index is 13.3. The van der Waals surface area contributed by atoms with E-state index >= 15 is 0 Å². The van der Waals surface area contributed by atoms with Crippen LogP contribution in [0.1, 0.15) is 76.7 Å². The molecular weight excluding hydrogens is 446 g/mol. The first-order chi connectivity index (χ1) is 17.0. The first kappa shape index (κ1) is 25.0. The van der Waals surface area contributed by atoms with E-state index in [0.29, 0.717) is 44.9 Å². The first-order valence-corrected chi connectivity index (χ1v) is 13.0. The number of guanidine groups is 1. The van der Waals surface area contributed by atoms with Gasteiger partial charge in [-0.15, -0.1) is 0 Å². The van der Waals surface area contributed by atoms with Crippen LogP contribution in [-0.4, -0.2) is 58.7 Å². The van der Waals surface area contributed by atoms with Gasteiger partial charge in [0, 0.05) is 24.6 Å². The molecule has 3 aliphatic rings. The molecule has 4 rings (SSSR count). The molecule has 1 unspecified atom stereocenters. The number of aliphatic imine (C=N–C) groups is 1. The summed E-state index contributed by atoms with van der Waals surface area (Å²) in [4.78, 5) is 45.4. The molecule has 2 aliphatic heterocycles. The minimum Gasteiger partial charge on any atom is -0.494 e. The van der Waals surface area contributed by atoms with Gasteiger partial charge in [-0.2, -0.15) is 0 Å². The summed E-state index contributed by atoms with van der Waals surface area (Å²) >= 11 is 0. The lowest BCUT2D eigenvalue weighted by atomic mass is 9.91. The fourth-order valence-corrected chi connectivity index (χ4v) is 5.28. The quantitative estimate of drug-likeness (QED) is 0.469. The predicted molar refractivity (Wildman–Crippen MR) is 133 cm³/mol. The van der Waals surface area contributed by atoms with Crippen molar-refractivity contribution in [2.24, 2.45) is 10.7 Å². The smallest absolute Gasteiger partial charge is 0.246 e. The largest absolute Gasteiger partial charge is 0.494 e. The van der Waals surface area contributed by atoms with Crippen molar-refractivity contribution in [1.82, 2.24) is 15.1 Å². The van der Waals surface area contributed by atoms with E-state index in [-0.39, 0.29) is 17.9 Å². The number of carbonyl (C=O) groups excluding carboxylic acids is 3. The summed E-state index contributed by atoms with van der Waals surface area (Å²) in [6, 6.07) is 5.27. The molecule has 0 spiro atoms. The van der Waals surface area contributed by atoms with Crippen molar-refractivity contribution in [1.29, 1.82) is 0 Å². The molecule has 1 saturated carbocycles. The van der Waals surface area contributed by atoms with Crippen LogP contribution >= 0.6 is 0 Å². The van der Waals surface area contributed by atoms with Crippen molar-refractivity contribution in [2.75, 3.05) is 13.2 Å². The summed E-state index contributed by atoms with van der Waals surface area (Å²) in [5, 5.41) is 2.76. The Morgan fingerprint density at radius 3 is 2.77 bits per heavy atom. The maximum absolute atomic E-state index is 13.3. The summed E-state index contributed by atoms with van der Waals surface area (Å²) in [6.45, 7) is 3.39. The molecule has 0 aromatic heterocycles. The lowest BCUT2D eigenvalue weighted by molar-refractivity contribution is -0.143. The highest BCUT2D eigenvalue weighted by atomic mass is 16.5. The molecule has 9 heteroatoms. The maximum Gasteiger partial charge on any atom is 0.246 e. The number of nitrogens with zero attached hydrogens (tertiary/aromatic N) is 3. The molecule has 35 heavy (non-hydrogen) atoms. The number of primary amides is 1. The Labute approximate surface area is 207 Å². The van der Waals surface area contributed by atoms with Gasteiger partial charge >= 0.3 is 0 Å². The van der Waals surface area contributed by atoms with Crippen molar-refractivity contribution in [2.45, 2.75) is 89.8 Å². The van der Waals surface area contributed by atoms with Gasteiger partial charge in [0.15, 0.2) is 0 Å². The third-order valence-electron chi connectivity index (χ3n) is 7.08. The van der Waals surface area contributed by atoms with Crippen molar-refractivity contribution in [3.05, 3.63) is 23.8 Å². The Balaban J connectivity index is 1.33. The number of rotatable bonds is 11. The van der Waals surface area contributed by atoms with Gasteiger partial charge in [-0.1, -0.05) is 39.0 Å². The summed E-state index contributed by atoms with van der Waals surface area (Å²) in [6.07, 6.45) is 8.58. The fraction of sp³-hybridized carbons (Fsp3) is 0.615. The highest BCUT2D eigenvalue weighted by Gasteiger charge is 2.34. The van der Waals surface area contributed by atoms with Crippen LogP contribution in [0.3, 0.4) is 0 Å². The van der Waals surface area contributed by atoms with Gasteiger partial charge < -0.3 is 20.3 Å². The highest BCUT2D eigenvalue weighted by molar-refractivity contribution is 6.05. The van der Waals surface area contributed by atoms with Gasteiger partial charge in [0.25, 0.3) is 0 Å². The zero-order valence-corrected chi connectivity index (χ0v) is 20.6. The molecule has 1 atom stereocenters. The van der Waals surface area contributed by atoms with Crippen molar-refractivity contribution in [3.63, 3.8) is 0 Å². The zero-order chi connectivity index (χ0) is 24.8.